The van der Waals surface area contributed by atoms with Crippen molar-refractivity contribution in [1.82, 2.24) is 0 Å². The van der Waals surface area contributed by atoms with E-state index < -0.39 is 0 Å². The molecule has 0 radical (unpaired) electrons. The molecule has 0 atom stereocenters. The molecule has 4 nitrogen and oxygen atoms in total. The second kappa shape index (κ2) is 9.25. The number of methoxy groups -OCH3 is 1. The molecule has 0 aromatic heterocycles. The second-order valence-electron chi connectivity index (χ2n) is 5.86. The Morgan fingerprint density at radius 3 is 2.50 bits per heavy atom. The molecule has 2 aromatic carbocycles. The van der Waals surface area contributed by atoms with Gasteiger partial charge in [0, 0.05) is 17.2 Å². The van der Waals surface area contributed by atoms with Gasteiger partial charge in [-0.15, -0.1) is 0 Å². The molecule has 1 N–H and O–H groups in total. The van der Waals surface area contributed by atoms with Crippen molar-refractivity contribution in [3.05, 3.63) is 69.7 Å². The zero-order valence-electron chi connectivity index (χ0n) is 15.0. The lowest BCUT2D eigenvalue weighted by Crippen LogP contribution is -1.97. The van der Waals surface area contributed by atoms with E-state index in [0.29, 0.717) is 33.7 Å². The predicted octanol–water partition coefficient (Wildman–Crippen LogP) is 5.40. The Morgan fingerprint density at radius 2 is 1.88 bits per heavy atom. The summed E-state index contributed by atoms with van der Waals surface area (Å²) < 4.78 is 11.3. The summed E-state index contributed by atoms with van der Waals surface area (Å²) in [6.07, 6.45) is 5.12. The van der Waals surface area contributed by atoms with E-state index in [1.807, 2.05) is 19.9 Å². The average molecular weight is 417 g/mol. The third kappa shape index (κ3) is 5.49. The number of phenolic OH excluding ortho intramolecular Hbond substituents is 1. The van der Waals surface area contributed by atoms with Crippen LogP contribution in [-0.2, 0) is 0 Å². The van der Waals surface area contributed by atoms with E-state index in [1.165, 1.54) is 24.8 Å². The van der Waals surface area contributed by atoms with E-state index >= 15 is 0 Å². The van der Waals surface area contributed by atoms with E-state index in [-0.39, 0.29) is 11.5 Å². The van der Waals surface area contributed by atoms with Gasteiger partial charge in [-0.3, -0.25) is 4.79 Å². The molecule has 0 bridgehead atoms. The average Bonchev–Trinajstić information content (AvgIpc) is 2.62. The van der Waals surface area contributed by atoms with Gasteiger partial charge in [0.2, 0.25) is 0 Å². The molecule has 5 heteroatoms. The van der Waals surface area contributed by atoms with Crippen molar-refractivity contribution < 1.29 is 19.4 Å². The summed E-state index contributed by atoms with van der Waals surface area (Å²) >= 11 is 3.26. The van der Waals surface area contributed by atoms with E-state index in [2.05, 4.69) is 15.9 Å². The zero-order chi connectivity index (χ0) is 19.1. The Morgan fingerprint density at radius 1 is 1.19 bits per heavy atom. The van der Waals surface area contributed by atoms with Crippen molar-refractivity contribution in [2.45, 2.75) is 13.8 Å². The number of aromatic hydroxyl groups is 1. The first kappa shape index (κ1) is 19.8. The molecule has 0 aliphatic carbocycles. The number of allylic oxidation sites excluding steroid dienone is 2. The number of hydrogen-bond donors (Lipinski definition) is 1. The van der Waals surface area contributed by atoms with Crippen molar-refractivity contribution >= 4 is 27.8 Å². The van der Waals surface area contributed by atoms with Gasteiger partial charge in [0.25, 0.3) is 0 Å². The third-order valence-electron chi connectivity index (χ3n) is 3.59. The standard InChI is InChI=1S/C21H21BrO4/c1-14(2)10-11-26-17-7-4-15(5-8-17)19(23)9-6-16-12-18(22)20(24)13-21(16)25-3/h4-10,12-13,24H,11H2,1-3H3/b9-6+. The van der Waals surface area contributed by atoms with Gasteiger partial charge in [-0.1, -0.05) is 5.57 Å². The highest BCUT2D eigenvalue weighted by Gasteiger charge is 2.07. The van der Waals surface area contributed by atoms with Gasteiger partial charge in [-0.25, -0.2) is 0 Å². The lowest BCUT2D eigenvalue weighted by molar-refractivity contribution is 0.104. The van der Waals surface area contributed by atoms with Crippen molar-refractivity contribution in [1.29, 1.82) is 0 Å². The summed E-state index contributed by atoms with van der Waals surface area (Å²) in [5.74, 6) is 1.14. The van der Waals surface area contributed by atoms with Crippen LogP contribution in [0.4, 0.5) is 0 Å². The van der Waals surface area contributed by atoms with E-state index in [9.17, 15) is 9.90 Å². The Labute approximate surface area is 161 Å². The van der Waals surface area contributed by atoms with Crippen LogP contribution in [0.2, 0.25) is 0 Å². The lowest BCUT2D eigenvalue weighted by atomic mass is 10.1. The predicted molar refractivity (Wildman–Crippen MR) is 107 cm³/mol. The van der Waals surface area contributed by atoms with Gasteiger partial charge in [-0.05, 0) is 78.3 Å². The van der Waals surface area contributed by atoms with E-state index in [1.54, 1.807) is 36.4 Å². The van der Waals surface area contributed by atoms with Crippen LogP contribution in [-0.4, -0.2) is 24.6 Å². The van der Waals surface area contributed by atoms with Crippen LogP contribution in [0, 0.1) is 0 Å². The maximum Gasteiger partial charge on any atom is 0.185 e. The molecule has 0 heterocycles. The Kier molecular flexibility index (Phi) is 7.04. The number of carbonyl (C=O) groups is 1. The minimum atomic E-state index is -0.132. The van der Waals surface area contributed by atoms with Crippen LogP contribution in [0.1, 0.15) is 29.8 Å². The normalized spacial score (nSPS) is 10.6. The van der Waals surface area contributed by atoms with Gasteiger partial charge < -0.3 is 14.6 Å². The number of rotatable bonds is 7. The molecule has 0 fully saturated rings. The fourth-order valence-corrected chi connectivity index (χ4v) is 2.51. The molecule has 0 amide bonds. The number of halogens is 1. The number of phenols is 1. The summed E-state index contributed by atoms with van der Waals surface area (Å²) in [5, 5.41) is 9.70. The van der Waals surface area contributed by atoms with Crippen molar-refractivity contribution in [3.8, 4) is 17.2 Å². The van der Waals surface area contributed by atoms with Gasteiger partial charge in [0.15, 0.2) is 5.78 Å². The fraction of sp³-hybridized carbons (Fsp3) is 0.190. The summed E-state index contributed by atoms with van der Waals surface area (Å²) in [5.41, 5.74) is 2.44. The maximum absolute atomic E-state index is 12.3. The lowest BCUT2D eigenvalue weighted by Gasteiger charge is -2.07. The van der Waals surface area contributed by atoms with Gasteiger partial charge in [-0.2, -0.15) is 0 Å². The highest BCUT2D eigenvalue weighted by atomic mass is 79.9. The zero-order valence-corrected chi connectivity index (χ0v) is 16.5. The minimum Gasteiger partial charge on any atom is -0.507 e. The molecule has 0 saturated carbocycles. The van der Waals surface area contributed by atoms with Crippen LogP contribution in [0.3, 0.4) is 0 Å². The van der Waals surface area contributed by atoms with Crippen molar-refractivity contribution in [2.75, 3.05) is 13.7 Å². The Balaban J connectivity index is 2.09. The summed E-state index contributed by atoms with van der Waals surface area (Å²) in [6.45, 7) is 4.53. The molecular weight excluding hydrogens is 396 g/mol. The SMILES string of the molecule is COc1cc(O)c(Br)cc1/C=C/C(=O)c1ccc(OCC=C(C)C)cc1. The number of ether oxygens (including phenoxy) is 2. The van der Waals surface area contributed by atoms with Crippen molar-refractivity contribution in [3.63, 3.8) is 0 Å². The fourth-order valence-electron chi connectivity index (χ4n) is 2.15. The number of carbonyl (C=O) groups excluding carboxylic acids is 1. The van der Waals surface area contributed by atoms with E-state index in [0.717, 1.165) is 0 Å². The molecule has 0 aliphatic rings. The molecular formula is C21H21BrO4. The van der Waals surface area contributed by atoms with Crippen LogP contribution in [0.15, 0.2) is 58.6 Å². The maximum atomic E-state index is 12.3. The quantitative estimate of drug-likeness (QED) is 0.372. The smallest absolute Gasteiger partial charge is 0.185 e. The number of benzene rings is 2. The first-order chi connectivity index (χ1) is 12.4. The largest absolute Gasteiger partial charge is 0.507 e. The minimum absolute atomic E-state index is 0.0778. The monoisotopic (exact) mass is 416 g/mol. The molecule has 0 aliphatic heterocycles. The van der Waals surface area contributed by atoms with Crippen LogP contribution in [0.25, 0.3) is 6.08 Å². The summed E-state index contributed by atoms with van der Waals surface area (Å²) in [7, 11) is 1.51. The molecule has 0 spiro atoms. The molecule has 26 heavy (non-hydrogen) atoms. The molecule has 2 aromatic rings. The van der Waals surface area contributed by atoms with Gasteiger partial charge >= 0.3 is 0 Å². The van der Waals surface area contributed by atoms with Crippen LogP contribution in [0.5, 0.6) is 17.2 Å². The number of ketones is 1. The highest BCUT2D eigenvalue weighted by Crippen LogP contribution is 2.32. The highest BCUT2D eigenvalue weighted by molar-refractivity contribution is 9.10. The van der Waals surface area contributed by atoms with Gasteiger partial charge in [0.05, 0.1) is 11.6 Å². The molecule has 0 saturated heterocycles. The molecule has 136 valence electrons. The summed E-state index contributed by atoms with van der Waals surface area (Å²) in [4.78, 5) is 12.3. The summed E-state index contributed by atoms with van der Waals surface area (Å²) in [6, 6.07) is 10.2. The van der Waals surface area contributed by atoms with Gasteiger partial charge in [0.1, 0.15) is 23.9 Å². The third-order valence-corrected chi connectivity index (χ3v) is 4.23. The second-order valence-corrected chi connectivity index (χ2v) is 6.71. The number of hydrogen-bond acceptors (Lipinski definition) is 4. The van der Waals surface area contributed by atoms with Crippen LogP contribution >= 0.6 is 15.9 Å². The Bertz CT molecular complexity index is 832. The van der Waals surface area contributed by atoms with Crippen LogP contribution < -0.4 is 9.47 Å². The first-order valence-electron chi connectivity index (χ1n) is 8.06. The Hall–Kier alpha value is -2.53. The van der Waals surface area contributed by atoms with E-state index in [4.69, 9.17) is 9.47 Å². The molecule has 2 rings (SSSR count). The van der Waals surface area contributed by atoms with Crippen molar-refractivity contribution in [2.24, 2.45) is 0 Å². The first-order valence-corrected chi connectivity index (χ1v) is 8.85. The molecule has 0 unspecified atom stereocenters. The topological polar surface area (TPSA) is 55.8 Å².